The molecule has 22 heavy (non-hydrogen) atoms. The van der Waals surface area contributed by atoms with Crippen molar-refractivity contribution >= 4 is 13.1 Å². The van der Waals surface area contributed by atoms with Gasteiger partial charge in [0.15, 0.2) is 0 Å². The molecule has 0 radical (unpaired) electrons. The quantitative estimate of drug-likeness (QED) is 0.519. The third-order valence-electron chi connectivity index (χ3n) is 3.05. The predicted molar refractivity (Wildman–Crippen MR) is 79.2 cm³/mol. The molecule has 0 spiro atoms. The van der Waals surface area contributed by atoms with Crippen molar-refractivity contribution in [2.45, 2.75) is 40.3 Å². The highest BCUT2D eigenvalue weighted by atomic mass is 19.5. The Kier molecular flexibility index (Phi) is 6.65. The van der Waals surface area contributed by atoms with Gasteiger partial charge in [0.1, 0.15) is 5.69 Å². The van der Waals surface area contributed by atoms with Crippen LogP contribution >= 0.6 is 0 Å². The van der Waals surface area contributed by atoms with Gasteiger partial charge in [0, 0.05) is 6.07 Å². The molecule has 0 fully saturated rings. The lowest BCUT2D eigenvalue weighted by molar-refractivity contribution is -0.759. The minimum absolute atomic E-state index is 0.189. The van der Waals surface area contributed by atoms with Gasteiger partial charge in [0.25, 0.3) is 5.82 Å². The summed E-state index contributed by atoms with van der Waals surface area (Å²) in [6, 6.07) is 4.40. The van der Waals surface area contributed by atoms with E-state index in [4.69, 9.17) is 4.74 Å². The first-order valence-corrected chi connectivity index (χ1v) is 7.33. The van der Waals surface area contributed by atoms with Crippen molar-refractivity contribution in [3.63, 3.8) is 0 Å². The van der Waals surface area contributed by atoms with Crippen LogP contribution in [0.1, 0.15) is 37.8 Å². The van der Waals surface area contributed by atoms with E-state index in [9.17, 15) is 17.3 Å². The van der Waals surface area contributed by atoms with Gasteiger partial charge < -0.3 is 22.0 Å². The van der Waals surface area contributed by atoms with Crippen molar-refractivity contribution in [2.24, 2.45) is 5.92 Å². The summed E-state index contributed by atoms with van der Waals surface area (Å²) in [5.41, 5.74) is 2.56. The summed E-state index contributed by atoms with van der Waals surface area (Å²) in [6.07, 6.45) is 1.23. The largest absolute Gasteiger partial charge is 0.673 e. The molecule has 1 aromatic rings. The molecule has 1 atom stereocenters. The Labute approximate surface area is 128 Å². The van der Waals surface area contributed by atoms with E-state index < -0.39 is 7.25 Å². The number of pyridine rings is 1. The maximum Gasteiger partial charge on any atom is 0.673 e. The van der Waals surface area contributed by atoms with E-state index in [1.807, 2.05) is 0 Å². The van der Waals surface area contributed by atoms with Gasteiger partial charge >= 0.3 is 7.25 Å². The third-order valence-corrected chi connectivity index (χ3v) is 3.05. The molecular formula is C14H23BF4N2O. The lowest BCUT2D eigenvalue weighted by atomic mass is 10.2. The molecule has 0 aliphatic carbocycles. The highest BCUT2D eigenvalue weighted by molar-refractivity contribution is 6.50. The SMILES string of the molecule is Cc1cc(C)[n+]2c(c1)NCCC2OCC(C)C.F[B-](F)(F)F. The molecule has 2 heterocycles. The number of nitrogens with zero attached hydrogens (tertiary/aromatic N) is 1. The second-order valence-electron chi connectivity index (χ2n) is 5.82. The van der Waals surface area contributed by atoms with Crippen LogP contribution in [0.15, 0.2) is 12.1 Å². The average Bonchev–Trinajstić information content (AvgIpc) is 2.33. The molecule has 0 aromatic carbocycles. The molecule has 0 amide bonds. The normalized spacial score (nSPS) is 17.4. The van der Waals surface area contributed by atoms with E-state index in [2.05, 4.69) is 49.7 Å². The van der Waals surface area contributed by atoms with Gasteiger partial charge in [-0.2, -0.15) is 0 Å². The maximum absolute atomic E-state index is 9.75. The fraction of sp³-hybridized carbons (Fsp3) is 0.643. The molecule has 1 aliphatic rings. The topological polar surface area (TPSA) is 25.1 Å². The van der Waals surface area contributed by atoms with E-state index in [0.29, 0.717) is 5.92 Å². The van der Waals surface area contributed by atoms with Crippen LogP contribution in [0.4, 0.5) is 23.1 Å². The maximum atomic E-state index is 9.75. The van der Waals surface area contributed by atoms with Crippen molar-refractivity contribution in [2.75, 3.05) is 18.5 Å². The highest BCUT2D eigenvalue weighted by Crippen LogP contribution is 2.19. The van der Waals surface area contributed by atoms with Crippen molar-refractivity contribution in [1.29, 1.82) is 0 Å². The van der Waals surface area contributed by atoms with E-state index >= 15 is 0 Å². The van der Waals surface area contributed by atoms with Gasteiger partial charge in [-0.15, -0.1) is 0 Å². The minimum atomic E-state index is -6.00. The van der Waals surface area contributed by atoms with Gasteiger partial charge in [-0.3, -0.25) is 5.32 Å². The summed E-state index contributed by atoms with van der Waals surface area (Å²) in [5.74, 6) is 1.77. The lowest BCUT2D eigenvalue weighted by Crippen LogP contribution is -2.50. The van der Waals surface area contributed by atoms with Crippen LogP contribution in [0.5, 0.6) is 0 Å². The van der Waals surface area contributed by atoms with Crippen LogP contribution in [-0.4, -0.2) is 20.4 Å². The first-order valence-electron chi connectivity index (χ1n) is 7.33. The molecule has 1 aromatic heterocycles. The van der Waals surface area contributed by atoms with Crippen LogP contribution in [-0.2, 0) is 4.74 Å². The minimum Gasteiger partial charge on any atom is -0.418 e. The predicted octanol–water partition coefficient (Wildman–Crippen LogP) is 3.88. The van der Waals surface area contributed by atoms with Crippen molar-refractivity contribution in [1.82, 2.24) is 0 Å². The highest BCUT2D eigenvalue weighted by Gasteiger charge is 2.28. The van der Waals surface area contributed by atoms with Crippen LogP contribution in [0.3, 0.4) is 0 Å². The summed E-state index contributed by atoms with van der Waals surface area (Å²) in [4.78, 5) is 0. The molecule has 3 nitrogen and oxygen atoms in total. The smallest absolute Gasteiger partial charge is 0.418 e. The third kappa shape index (κ3) is 6.64. The fourth-order valence-corrected chi connectivity index (χ4v) is 2.35. The number of aromatic nitrogens is 1. The monoisotopic (exact) mass is 322 g/mol. The van der Waals surface area contributed by atoms with Crippen molar-refractivity contribution < 1.29 is 26.6 Å². The zero-order valence-corrected chi connectivity index (χ0v) is 13.4. The molecule has 1 N–H and O–H groups in total. The Morgan fingerprint density at radius 1 is 1.27 bits per heavy atom. The molecule has 126 valence electrons. The Hall–Kier alpha value is -1.31. The molecule has 8 heteroatoms. The van der Waals surface area contributed by atoms with Crippen LogP contribution in [0.2, 0.25) is 0 Å². The van der Waals surface area contributed by atoms with Crippen molar-refractivity contribution in [3.05, 3.63) is 23.4 Å². The molecule has 0 bridgehead atoms. The Bertz CT molecular complexity index is 488. The molecule has 1 aliphatic heterocycles. The second kappa shape index (κ2) is 7.81. The molecule has 2 rings (SSSR count). The first-order chi connectivity index (χ1) is 10.1. The fourth-order valence-electron chi connectivity index (χ4n) is 2.35. The first kappa shape index (κ1) is 18.7. The number of hydrogen-bond acceptors (Lipinski definition) is 2. The van der Waals surface area contributed by atoms with Crippen molar-refractivity contribution in [3.8, 4) is 0 Å². The number of halogens is 4. The van der Waals surface area contributed by atoms with Gasteiger partial charge in [0.2, 0.25) is 6.23 Å². The van der Waals surface area contributed by atoms with Gasteiger partial charge in [0.05, 0.1) is 19.6 Å². The standard InChI is InChI=1S/C14H22N2O.BF4/c1-10(2)9-17-14-5-6-15-13-8-11(3)7-12(4)16(13)14;2-1(3,4)5/h7-8,10,14H,5-6,9H2,1-4H3;/q;-1/p+1. The van der Waals surface area contributed by atoms with E-state index in [0.717, 1.165) is 19.6 Å². The summed E-state index contributed by atoms with van der Waals surface area (Å²) in [7, 11) is -6.00. The average molecular weight is 322 g/mol. The number of aryl methyl sites for hydroxylation is 2. The summed E-state index contributed by atoms with van der Waals surface area (Å²) in [6.45, 7) is 10.5. The summed E-state index contributed by atoms with van der Waals surface area (Å²) >= 11 is 0. The van der Waals surface area contributed by atoms with Crippen LogP contribution in [0.25, 0.3) is 0 Å². The number of fused-ring (bicyclic) bond motifs is 1. The molecule has 0 saturated heterocycles. The Balaban J connectivity index is 0.000000422. The number of nitrogens with one attached hydrogen (secondary N) is 1. The molecular weight excluding hydrogens is 299 g/mol. The van der Waals surface area contributed by atoms with E-state index in [1.165, 1.54) is 17.1 Å². The number of anilines is 1. The number of rotatable bonds is 3. The number of hydrogen-bond donors (Lipinski definition) is 1. The Morgan fingerprint density at radius 2 is 1.86 bits per heavy atom. The van der Waals surface area contributed by atoms with Crippen LogP contribution < -0.4 is 9.88 Å². The van der Waals surface area contributed by atoms with E-state index in [-0.39, 0.29) is 6.23 Å². The summed E-state index contributed by atoms with van der Waals surface area (Å²) < 4.78 is 47.3. The Morgan fingerprint density at radius 3 is 2.41 bits per heavy atom. The van der Waals surface area contributed by atoms with Gasteiger partial charge in [-0.1, -0.05) is 13.8 Å². The molecule has 1 unspecified atom stereocenters. The van der Waals surface area contributed by atoms with Gasteiger partial charge in [-0.05, 0) is 31.4 Å². The molecule has 0 saturated carbocycles. The number of ether oxygens (including phenoxy) is 1. The zero-order chi connectivity index (χ0) is 16.9. The zero-order valence-electron chi connectivity index (χ0n) is 13.4. The van der Waals surface area contributed by atoms with Gasteiger partial charge in [-0.25, -0.2) is 4.57 Å². The van der Waals surface area contributed by atoms with Crippen LogP contribution in [0, 0.1) is 19.8 Å². The summed E-state index contributed by atoms with van der Waals surface area (Å²) in [5, 5.41) is 3.44. The van der Waals surface area contributed by atoms with E-state index in [1.54, 1.807) is 0 Å². The second-order valence-corrected chi connectivity index (χ2v) is 5.82. The lowest BCUT2D eigenvalue weighted by Gasteiger charge is -2.25.